The molecule has 1 heterocycles. The fourth-order valence-corrected chi connectivity index (χ4v) is 2.88. The zero-order chi connectivity index (χ0) is 18.6. The van der Waals surface area contributed by atoms with Crippen molar-refractivity contribution in [3.8, 4) is 22.7 Å². The highest BCUT2D eigenvalue weighted by Gasteiger charge is 2.19. The first-order valence-corrected chi connectivity index (χ1v) is 8.70. The summed E-state index contributed by atoms with van der Waals surface area (Å²) in [4.78, 5) is 12.9. The molecule has 0 amide bonds. The average molecular weight is 354 g/mol. The predicted octanol–water partition coefficient (Wildman–Crippen LogP) is 5.07. The number of carbonyl (C=O) groups is 1. The van der Waals surface area contributed by atoms with Crippen molar-refractivity contribution >= 4 is 5.97 Å². The number of carbonyl (C=O) groups excluding carboxylic acids is 1. The molecule has 0 bridgehead atoms. The van der Waals surface area contributed by atoms with Gasteiger partial charge in [-0.3, -0.25) is 0 Å². The van der Waals surface area contributed by atoms with Crippen LogP contribution in [0.5, 0.6) is 5.75 Å². The highest BCUT2D eigenvalue weighted by Crippen LogP contribution is 2.23. The number of aryl methyl sites for hydroxylation is 1. The Bertz CT molecular complexity index is 1070. The second kappa shape index (κ2) is 7.30. The van der Waals surface area contributed by atoms with Gasteiger partial charge in [0.15, 0.2) is 5.69 Å². The van der Waals surface area contributed by atoms with Gasteiger partial charge in [0.1, 0.15) is 5.75 Å². The quantitative estimate of drug-likeness (QED) is 0.380. The van der Waals surface area contributed by atoms with Crippen LogP contribution in [0.2, 0.25) is 0 Å². The summed E-state index contributed by atoms with van der Waals surface area (Å²) in [7, 11) is 0. The van der Waals surface area contributed by atoms with Gasteiger partial charge < -0.3 is 4.74 Å². The molecule has 4 rings (SSSR count). The van der Waals surface area contributed by atoms with Gasteiger partial charge in [-0.1, -0.05) is 60.7 Å². The SMILES string of the molecule is Cc1cccc(OC(=O)c2cc(-c3ccccc3)nn2-c2ccccc2)c1. The Hall–Kier alpha value is -3.66. The Kier molecular flexibility index (Phi) is 4.54. The molecule has 3 aromatic carbocycles. The third-order valence-electron chi connectivity index (χ3n) is 4.19. The lowest BCUT2D eigenvalue weighted by Gasteiger charge is -2.08. The number of hydrogen-bond donors (Lipinski definition) is 0. The van der Waals surface area contributed by atoms with Gasteiger partial charge >= 0.3 is 5.97 Å². The minimum absolute atomic E-state index is 0.376. The summed E-state index contributed by atoms with van der Waals surface area (Å²) in [5, 5.41) is 4.65. The molecule has 0 saturated carbocycles. The highest BCUT2D eigenvalue weighted by molar-refractivity contribution is 5.91. The first-order valence-electron chi connectivity index (χ1n) is 8.70. The molecule has 132 valence electrons. The van der Waals surface area contributed by atoms with Gasteiger partial charge in [0.25, 0.3) is 0 Å². The van der Waals surface area contributed by atoms with Crippen molar-refractivity contribution in [3.05, 3.63) is 102 Å². The van der Waals surface area contributed by atoms with Crippen LogP contribution in [0.25, 0.3) is 16.9 Å². The Morgan fingerprint density at radius 1 is 0.852 bits per heavy atom. The van der Waals surface area contributed by atoms with Gasteiger partial charge in [-0.2, -0.15) is 5.10 Å². The third-order valence-corrected chi connectivity index (χ3v) is 4.19. The van der Waals surface area contributed by atoms with Crippen LogP contribution in [-0.2, 0) is 0 Å². The maximum atomic E-state index is 12.9. The minimum atomic E-state index is -0.445. The van der Waals surface area contributed by atoms with Gasteiger partial charge in [0, 0.05) is 5.56 Å². The molecule has 27 heavy (non-hydrogen) atoms. The summed E-state index contributed by atoms with van der Waals surface area (Å²) in [6, 6.07) is 28.5. The van der Waals surface area contributed by atoms with E-state index in [1.807, 2.05) is 85.8 Å². The molecular weight excluding hydrogens is 336 g/mol. The standard InChI is InChI=1S/C23H18N2O2/c1-17-9-8-14-20(15-17)27-23(26)22-16-21(18-10-4-2-5-11-18)24-25(22)19-12-6-3-7-13-19/h2-16H,1H3. The molecule has 0 unspecified atom stereocenters. The summed E-state index contributed by atoms with van der Waals surface area (Å²) in [5.74, 6) is 0.0706. The lowest BCUT2D eigenvalue weighted by atomic mass is 10.1. The van der Waals surface area contributed by atoms with Gasteiger partial charge in [0.05, 0.1) is 11.4 Å². The van der Waals surface area contributed by atoms with Gasteiger partial charge in [-0.05, 0) is 42.8 Å². The summed E-state index contributed by atoms with van der Waals surface area (Å²) >= 11 is 0. The van der Waals surface area contributed by atoms with Crippen LogP contribution in [-0.4, -0.2) is 15.7 Å². The molecule has 0 aliphatic carbocycles. The van der Waals surface area contributed by atoms with E-state index in [0.717, 1.165) is 22.5 Å². The number of para-hydroxylation sites is 1. The maximum absolute atomic E-state index is 12.9. The van der Waals surface area contributed by atoms with E-state index in [-0.39, 0.29) is 0 Å². The number of benzene rings is 3. The van der Waals surface area contributed by atoms with E-state index in [2.05, 4.69) is 5.10 Å². The monoisotopic (exact) mass is 354 g/mol. The van der Waals surface area contributed by atoms with Crippen LogP contribution in [0.4, 0.5) is 0 Å². The summed E-state index contributed by atoms with van der Waals surface area (Å²) in [6.45, 7) is 1.96. The van der Waals surface area contributed by atoms with E-state index >= 15 is 0 Å². The van der Waals surface area contributed by atoms with Crippen molar-refractivity contribution in [1.29, 1.82) is 0 Å². The Morgan fingerprint density at radius 3 is 2.26 bits per heavy atom. The normalized spacial score (nSPS) is 10.6. The topological polar surface area (TPSA) is 44.1 Å². The van der Waals surface area contributed by atoms with Crippen molar-refractivity contribution in [1.82, 2.24) is 9.78 Å². The van der Waals surface area contributed by atoms with E-state index in [4.69, 9.17) is 4.74 Å². The van der Waals surface area contributed by atoms with E-state index in [1.165, 1.54) is 0 Å². The summed E-state index contributed by atoms with van der Waals surface area (Å²) < 4.78 is 7.22. The van der Waals surface area contributed by atoms with Crippen LogP contribution >= 0.6 is 0 Å². The van der Waals surface area contributed by atoms with E-state index < -0.39 is 5.97 Å². The number of ether oxygens (including phenoxy) is 1. The molecule has 4 heteroatoms. The van der Waals surface area contributed by atoms with Gasteiger partial charge in [0.2, 0.25) is 0 Å². The number of esters is 1. The largest absolute Gasteiger partial charge is 0.422 e. The van der Waals surface area contributed by atoms with Crippen LogP contribution in [0.3, 0.4) is 0 Å². The molecule has 0 N–H and O–H groups in total. The van der Waals surface area contributed by atoms with E-state index in [0.29, 0.717) is 11.4 Å². The zero-order valence-corrected chi connectivity index (χ0v) is 14.9. The molecule has 0 fully saturated rings. The number of rotatable bonds is 4. The molecule has 0 spiro atoms. The molecule has 0 aliphatic heterocycles. The first-order chi connectivity index (χ1) is 13.2. The smallest absolute Gasteiger partial charge is 0.362 e. The third kappa shape index (κ3) is 3.65. The van der Waals surface area contributed by atoms with Crippen LogP contribution in [0.1, 0.15) is 16.1 Å². The Morgan fingerprint density at radius 2 is 1.56 bits per heavy atom. The molecule has 1 aromatic heterocycles. The van der Waals surface area contributed by atoms with Crippen molar-refractivity contribution in [2.45, 2.75) is 6.92 Å². The molecule has 0 atom stereocenters. The second-order valence-corrected chi connectivity index (χ2v) is 6.23. The lowest BCUT2D eigenvalue weighted by Crippen LogP contribution is -2.14. The number of nitrogens with zero attached hydrogens (tertiary/aromatic N) is 2. The summed E-state index contributed by atoms with van der Waals surface area (Å²) in [6.07, 6.45) is 0. The van der Waals surface area contributed by atoms with Crippen molar-refractivity contribution in [2.75, 3.05) is 0 Å². The molecule has 0 aliphatic rings. The molecule has 0 saturated heterocycles. The van der Waals surface area contributed by atoms with Crippen LogP contribution < -0.4 is 4.74 Å². The Balaban J connectivity index is 1.76. The Labute approximate surface area is 157 Å². The van der Waals surface area contributed by atoms with Gasteiger partial charge in [-0.15, -0.1) is 0 Å². The summed E-state index contributed by atoms with van der Waals surface area (Å²) in [5.41, 5.74) is 3.87. The van der Waals surface area contributed by atoms with Crippen LogP contribution in [0.15, 0.2) is 91.0 Å². The van der Waals surface area contributed by atoms with E-state index in [1.54, 1.807) is 16.8 Å². The lowest BCUT2D eigenvalue weighted by molar-refractivity contribution is 0.0725. The fraction of sp³-hybridized carbons (Fsp3) is 0.0435. The van der Waals surface area contributed by atoms with Gasteiger partial charge in [-0.25, -0.2) is 9.48 Å². The highest BCUT2D eigenvalue weighted by atomic mass is 16.5. The second-order valence-electron chi connectivity index (χ2n) is 6.23. The first kappa shape index (κ1) is 16.8. The number of aromatic nitrogens is 2. The maximum Gasteiger partial charge on any atom is 0.362 e. The van der Waals surface area contributed by atoms with Crippen LogP contribution in [0, 0.1) is 6.92 Å². The molecular formula is C23H18N2O2. The van der Waals surface area contributed by atoms with Crippen molar-refractivity contribution in [3.63, 3.8) is 0 Å². The number of hydrogen-bond acceptors (Lipinski definition) is 3. The average Bonchev–Trinajstić information content (AvgIpc) is 3.15. The molecule has 0 radical (unpaired) electrons. The van der Waals surface area contributed by atoms with E-state index in [9.17, 15) is 4.79 Å². The zero-order valence-electron chi connectivity index (χ0n) is 14.9. The predicted molar refractivity (Wildman–Crippen MR) is 105 cm³/mol. The van der Waals surface area contributed by atoms with Crippen molar-refractivity contribution in [2.24, 2.45) is 0 Å². The van der Waals surface area contributed by atoms with Crippen molar-refractivity contribution < 1.29 is 9.53 Å². The molecule has 4 nitrogen and oxygen atoms in total. The molecule has 4 aromatic rings. The fourth-order valence-electron chi connectivity index (χ4n) is 2.88. The minimum Gasteiger partial charge on any atom is -0.422 e.